The van der Waals surface area contributed by atoms with Crippen LogP contribution in [0.15, 0.2) is 63.9 Å². The van der Waals surface area contributed by atoms with Gasteiger partial charge in [0.25, 0.3) is 0 Å². The summed E-state index contributed by atoms with van der Waals surface area (Å²) in [4.78, 5) is 4.09. The second kappa shape index (κ2) is 7.72. The van der Waals surface area contributed by atoms with Crippen molar-refractivity contribution in [3.05, 3.63) is 65.0 Å². The fraction of sp³-hybridized carbons (Fsp3) is 0.111. The summed E-state index contributed by atoms with van der Waals surface area (Å²) in [5.41, 5.74) is 3.13. The van der Waals surface area contributed by atoms with Crippen molar-refractivity contribution in [3.63, 3.8) is 0 Å². The van der Waals surface area contributed by atoms with Crippen LogP contribution in [0.25, 0.3) is 11.3 Å². The molecule has 1 N–H and O–H groups in total. The van der Waals surface area contributed by atoms with Crippen molar-refractivity contribution in [2.24, 2.45) is 5.10 Å². The number of hydrogen-bond acceptors (Lipinski definition) is 6. The van der Waals surface area contributed by atoms with Crippen molar-refractivity contribution in [3.8, 4) is 11.3 Å². The lowest BCUT2D eigenvalue weighted by Gasteiger charge is -2.10. The predicted molar refractivity (Wildman–Crippen MR) is 103 cm³/mol. The van der Waals surface area contributed by atoms with Crippen LogP contribution in [0.5, 0.6) is 0 Å². The van der Waals surface area contributed by atoms with Crippen molar-refractivity contribution in [2.45, 2.75) is 11.1 Å². The summed E-state index contributed by atoms with van der Waals surface area (Å²) in [6.07, 6.45) is -2.63. The van der Waals surface area contributed by atoms with Crippen molar-refractivity contribution in [1.82, 2.24) is 4.98 Å². The summed E-state index contributed by atoms with van der Waals surface area (Å²) in [6.45, 7) is 0. The van der Waals surface area contributed by atoms with Crippen LogP contribution in [0.1, 0.15) is 11.1 Å². The van der Waals surface area contributed by atoms with E-state index in [-0.39, 0.29) is 10.5 Å². The van der Waals surface area contributed by atoms with Gasteiger partial charge in [0.05, 0.1) is 22.4 Å². The van der Waals surface area contributed by atoms with Gasteiger partial charge in [-0.25, -0.2) is 13.4 Å². The summed E-state index contributed by atoms with van der Waals surface area (Å²) >= 11 is 1.26. The smallest absolute Gasteiger partial charge is 0.253 e. The minimum absolute atomic E-state index is 0.162. The molecule has 5 nitrogen and oxygen atoms in total. The van der Waals surface area contributed by atoms with Crippen LogP contribution < -0.4 is 5.43 Å². The Morgan fingerprint density at radius 1 is 1.14 bits per heavy atom. The minimum atomic E-state index is -4.59. The normalized spacial score (nSPS) is 12.4. The zero-order valence-corrected chi connectivity index (χ0v) is 16.1. The van der Waals surface area contributed by atoms with Crippen LogP contribution >= 0.6 is 11.3 Å². The summed E-state index contributed by atoms with van der Waals surface area (Å²) in [7, 11) is -3.72. The molecule has 0 aliphatic carbocycles. The third-order valence-electron chi connectivity index (χ3n) is 3.67. The maximum atomic E-state index is 12.9. The zero-order chi connectivity index (χ0) is 20.4. The molecule has 0 atom stereocenters. The van der Waals surface area contributed by atoms with Gasteiger partial charge in [-0.2, -0.15) is 18.3 Å². The summed E-state index contributed by atoms with van der Waals surface area (Å²) in [6, 6.07) is 11.8. The van der Waals surface area contributed by atoms with Gasteiger partial charge in [-0.1, -0.05) is 30.3 Å². The molecule has 0 aliphatic heterocycles. The molecule has 0 saturated heterocycles. The molecular weight excluding hydrogens is 411 g/mol. The lowest BCUT2D eigenvalue weighted by Crippen LogP contribution is -2.09. The average Bonchev–Trinajstić information content (AvgIpc) is 3.10. The first-order valence-electron chi connectivity index (χ1n) is 7.86. The Bertz CT molecular complexity index is 1110. The van der Waals surface area contributed by atoms with Gasteiger partial charge >= 0.3 is 6.18 Å². The van der Waals surface area contributed by atoms with E-state index in [1.807, 2.05) is 30.3 Å². The van der Waals surface area contributed by atoms with Crippen LogP contribution in [-0.2, 0) is 16.0 Å². The number of alkyl halides is 3. The topological polar surface area (TPSA) is 71.4 Å². The Morgan fingerprint density at radius 2 is 1.86 bits per heavy atom. The van der Waals surface area contributed by atoms with Gasteiger partial charge < -0.3 is 0 Å². The molecule has 0 radical (unpaired) electrons. The number of hydrogen-bond donors (Lipinski definition) is 1. The quantitative estimate of drug-likeness (QED) is 0.476. The number of halogens is 3. The van der Waals surface area contributed by atoms with E-state index in [4.69, 9.17) is 0 Å². The highest BCUT2D eigenvalue weighted by molar-refractivity contribution is 7.90. The Morgan fingerprint density at radius 3 is 2.50 bits per heavy atom. The molecule has 146 valence electrons. The standard InChI is InChI=1S/C18H14F3N3O2S2/c1-28(25,26)16-8-7-14(18(19,20)21)9-13(16)10-22-24-17-23-15(11-27-17)12-5-3-2-4-6-12/h2-11H,1H3,(H,23,24). The Balaban J connectivity index is 1.85. The van der Waals surface area contributed by atoms with Gasteiger partial charge in [0, 0.05) is 22.8 Å². The number of hydrazone groups is 1. The fourth-order valence-electron chi connectivity index (χ4n) is 2.39. The van der Waals surface area contributed by atoms with Crippen molar-refractivity contribution in [1.29, 1.82) is 0 Å². The van der Waals surface area contributed by atoms with E-state index in [2.05, 4.69) is 15.5 Å². The molecule has 0 unspecified atom stereocenters. The molecule has 3 rings (SSSR count). The molecule has 0 saturated carbocycles. The van der Waals surface area contributed by atoms with Crippen molar-refractivity contribution < 1.29 is 21.6 Å². The van der Waals surface area contributed by atoms with Crippen molar-refractivity contribution in [2.75, 3.05) is 11.7 Å². The molecule has 0 fully saturated rings. The SMILES string of the molecule is CS(=O)(=O)c1ccc(C(F)(F)F)cc1C=NNc1nc(-c2ccccc2)cs1. The number of rotatable bonds is 5. The first-order chi connectivity index (χ1) is 13.1. The lowest BCUT2D eigenvalue weighted by atomic mass is 10.1. The molecule has 1 aromatic heterocycles. The number of nitrogens with zero attached hydrogens (tertiary/aromatic N) is 2. The number of anilines is 1. The van der Waals surface area contributed by atoms with Gasteiger partial charge in [-0.05, 0) is 18.2 Å². The molecular formula is C18H14F3N3O2S2. The predicted octanol–water partition coefficient (Wildman–Crippen LogP) is 4.68. The lowest BCUT2D eigenvalue weighted by molar-refractivity contribution is -0.137. The third kappa shape index (κ3) is 4.76. The Labute approximate surface area is 163 Å². The fourth-order valence-corrected chi connectivity index (χ4v) is 3.91. The number of benzene rings is 2. The second-order valence-corrected chi connectivity index (χ2v) is 8.64. The molecule has 2 aromatic carbocycles. The maximum absolute atomic E-state index is 12.9. The number of sulfone groups is 1. The Kier molecular flexibility index (Phi) is 5.52. The monoisotopic (exact) mass is 425 g/mol. The van der Waals surface area contributed by atoms with E-state index in [9.17, 15) is 21.6 Å². The van der Waals surface area contributed by atoms with Crippen LogP contribution in [0.4, 0.5) is 18.3 Å². The summed E-state index contributed by atoms with van der Waals surface area (Å²) < 4.78 is 62.5. The van der Waals surface area contributed by atoms with Gasteiger partial charge in [0.15, 0.2) is 9.84 Å². The largest absolute Gasteiger partial charge is 0.416 e. The molecule has 0 bridgehead atoms. The molecule has 10 heteroatoms. The molecule has 3 aromatic rings. The van der Waals surface area contributed by atoms with Gasteiger partial charge in [0.1, 0.15) is 0 Å². The van der Waals surface area contributed by atoms with Crippen molar-refractivity contribution >= 4 is 32.5 Å². The first kappa shape index (κ1) is 20.0. The molecule has 0 aliphatic rings. The summed E-state index contributed by atoms with van der Waals surface area (Å²) in [5.74, 6) is 0. The van der Waals surface area contributed by atoms with Gasteiger partial charge in [0.2, 0.25) is 5.13 Å². The molecule has 0 amide bonds. The first-order valence-corrected chi connectivity index (χ1v) is 10.6. The summed E-state index contributed by atoms with van der Waals surface area (Å²) in [5, 5.41) is 6.08. The molecule has 0 spiro atoms. The Hall–Kier alpha value is -2.72. The number of aromatic nitrogens is 1. The van der Waals surface area contributed by atoms with Crippen LogP contribution in [0.2, 0.25) is 0 Å². The van der Waals surface area contributed by atoms with Gasteiger partial charge in [-0.15, -0.1) is 11.3 Å². The van der Waals surface area contributed by atoms with Crippen LogP contribution in [0, 0.1) is 0 Å². The number of nitrogens with one attached hydrogen (secondary N) is 1. The van der Waals surface area contributed by atoms with Crippen LogP contribution in [0.3, 0.4) is 0 Å². The van der Waals surface area contributed by atoms with E-state index in [1.54, 1.807) is 5.38 Å². The molecule has 1 heterocycles. The van der Waals surface area contributed by atoms with E-state index >= 15 is 0 Å². The minimum Gasteiger partial charge on any atom is -0.253 e. The second-order valence-electron chi connectivity index (χ2n) is 5.80. The van der Waals surface area contributed by atoms with E-state index in [0.717, 1.165) is 41.9 Å². The number of thiazole rings is 1. The van der Waals surface area contributed by atoms with E-state index in [0.29, 0.717) is 5.13 Å². The van der Waals surface area contributed by atoms with Crippen LogP contribution in [-0.4, -0.2) is 25.9 Å². The maximum Gasteiger partial charge on any atom is 0.416 e. The average molecular weight is 425 g/mol. The zero-order valence-electron chi connectivity index (χ0n) is 14.4. The highest BCUT2D eigenvalue weighted by Gasteiger charge is 2.31. The molecule has 28 heavy (non-hydrogen) atoms. The third-order valence-corrected chi connectivity index (χ3v) is 5.59. The van der Waals surface area contributed by atoms with E-state index in [1.165, 1.54) is 11.3 Å². The highest BCUT2D eigenvalue weighted by atomic mass is 32.2. The van der Waals surface area contributed by atoms with E-state index < -0.39 is 21.6 Å². The van der Waals surface area contributed by atoms with Gasteiger partial charge in [-0.3, -0.25) is 5.43 Å². The highest BCUT2D eigenvalue weighted by Crippen LogP contribution is 2.31.